The van der Waals surface area contributed by atoms with Crippen molar-refractivity contribution in [2.24, 2.45) is 5.73 Å². The lowest BCUT2D eigenvalue weighted by molar-refractivity contribution is 0.100. The number of amides is 1. The Morgan fingerprint density at radius 2 is 2.10 bits per heavy atom. The summed E-state index contributed by atoms with van der Waals surface area (Å²) in [5.74, 6) is 1.03. The van der Waals surface area contributed by atoms with Crippen LogP contribution in [0.15, 0.2) is 18.2 Å². The minimum absolute atomic E-state index is 0.412. The standard InChI is InChI=1S/C15H20N4O/c1-17-10-7-5-9(6-8-10)15-18-12-4-2-3-11(14(16)20)13(12)19-15/h2-4,9-10,17H,5-8H2,1H3,(H2,16,20)(H,18,19)/t9-,10-. The number of primary amides is 1. The highest BCUT2D eigenvalue weighted by atomic mass is 16.1. The van der Waals surface area contributed by atoms with Crippen molar-refractivity contribution in [1.29, 1.82) is 0 Å². The zero-order chi connectivity index (χ0) is 14.1. The Bertz CT molecular complexity index is 626. The van der Waals surface area contributed by atoms with Crippen LogP contribution in [0.3, 0.4) is 0 Å². The van der Waals surface area contributed by atoms with Crippen LogP contribution in [0.5, 0.6) is 0 Å². The van der Waals surface area contributed by atoms with Crippen LogP contribution in [-0.4, -0.2) is 29.0 Å². The quantitative estimate of drug-likeness (QED) is 0.798. The molecule has 0 radical (unpaired) electrons. The van der Waals surface area contributed by atoms with E-state index in [0.717, 1.165) is 29.7 Å². The molecule has 4 N–H and O–H groups in total. The number of fused-ring (bicyclic) bond motifs is 1. The van der Waals surface area contributed by atoms with Crippen molar-refractivity contribution in [3.8, 4) is 0 Å². The average Bonchev–Trinajstić information content (AvgIpc) is 2.90. The molecular weight excluding hydrogens is 252 g/mol. The van der Waals surface area contributed by atoms with Gasteiger partial charge in [0.2, 0.25) is 0 Å². The highest BCUT2D eigenvalue weighted by Gasteiger charge is 2.24. The van der Waals surface area contributed by atoms with Gasteiger partial charge in [-0.2, -0.15) is 0 Å². The molecule has 3 rings (SSSR count). The van der Waals surface area contributed by atoms with Crippen molar-refractivity contribution in [3.63, 3.8) is 0 Å². The summed E-state index contributed by atoms with van der Waals surface area (Å²) in [5, 5.41) is 3.33. The van der Waals surface area contributed by atoms with Crippen LogP contribution in [0.1, 0.15) is 47.8 Å². The molecule has 1 aliphatic carbocycles. The molecule has 0 unspecified atom stereocenters. The predicted molar refractivity (Wildman–Crippen MR) is 78.7 cm³/mol. The fourth-order valence-corrected chi connectivity index (χ4v) is 3.10. The van der Waals surface area contributed by atoms with Gasteiger partial charge in [-0.05, 0) is 44.9 Å². The molecule has 5 nitrogen and oxygen atoms in total. The van der Waals surface area contributed by atoms with Crippen molar-refractivity contribution in [3.05, 3.63) is 29.6 Å². The first-order valence-electron chi connectivity index (χ1n) is 7.14. The van der Waals surface area contributed by atoms with E-state index in [-0.39, 0.29) is 0 Å². The summed E-state index contributed by atoms with van der Waals surface area (Å²) in [7, 11) is 2.02. The first-order valence-corrected chi connectivity index (χ1v) is 7.14. The molecule has 0 bridgehead atoms. The number of carbonyl (C=O) groups excluding carboxylic acids is 1. The summed E-state index contributed by atoms with van der Waals surface area (Å²) in [6.45, 7) is 0. The van der Waals surface area contributed by atoms with Gasteiger partial charge in [0, 0.05) is 12.0 Å². The number of aromatic nitrogens is 2. The second kappa shape index (κ2) is 5.25. The van der Waals surface area contributed by atoms with Crippen LogP contribution < -0.4 is 11.1 Å². The molecular formula is C15H20N4O. The second-order valence-corrected chi connectivity index (χ2v) is 5.52. The molecule has 2 aromatic rings. The maximum absolute atomic E-state index is 11.4. The van der Waals surface area contributed by atoms with Gasteiger partial charge in [0.25, 0.3) is 5.91 Å². The Morgan fingerprint density at radius 3 is 2.75 bits per heavy atom. The summed E-state index contributed by atoms with van der Waals surface area (Å²) < 4.78 is 0. The number of hydrogen-bond acceptors (Lipinski definition) is 3. The van der Waals surface area contributed by atoms with Crippen LogP contribution >= 0.6 is 0 Å². The highest BCUT2D eigenvalue weighted by Crippen LogP contribution is 2.32. The van der Waals surface area contributed by atoms with Gasteiger partial charge in [0.1, 0.15) is 5.82 Å². The third-order valence-corrected chi connectivity index (χ3v) is 4.32. The van der Waals surface area contributed by atoms with Crippen molar-refractivity contribution < 1.29 is 4.79 Å². The summed E-state index contributed by atoms with van der Waals surface area (Å²) in [4.78, 5) is 19.4. The van der Waals surface area contributed by atoms with Gasteiger partial charge in [-0.15, -0.1) is 0 Å². The van der Waals surface area contributed by atoms with E-state index in [1.165, 1.54) is 12.8 Å². The zero-order valence-corrected chi connectivity index (χ0v) is 11.6. The first kappa shape index (κ1) is 13.1. The summed E-state index contributed by atoms with van der Waals surface area (Å²) in [6, 6.07) is 6.10. The molecule has 1 aromatic carbocycles. The molecule has 0 atom stereocenters. The summed E-state index contributed by atoms with van der Waals surface area (Å²) in [5.41, 5.74) is 7.52. The van der Waals surface area contributed by atoms with Crippen molar-refractivity contribution >= 4 is 16.9 Å². The maximum atomic E-state index is 11.4. The fraction of sp³-hybridized carbons (Fsp3) is 0.467. The second-order valence-electron chi connectivity index (χ2n) is 5.52. The number of nitrogens with zero attached hydrogens (tertiary/aromatic N) is 1. The van der Waals surface area contributed by atoms with E-state index in [1.54, 1.807) is 6.07 Å². The molecule has 1 amide bonds. The molecule has 1 aliphatic rings. The third-order valence-electron chi connectivity index (χ3n) is 4.32. The minimum Gasteiger partial charge on any atom is -0.366 e. The number of aromatic amines is 1. The molecule has 1 aromatic heterocycles. The van der Waals surface area contributed by atoms with Gasteiger partial charge in [-0.3, -0.25) is 4.79 Å². The number of nitrogens with one attached hydrogen (secondary N) is 2. The zero-order valence-electron chi connectivity index (χ0n) is 11.6. The van der Waals surface area contributed by atoms with Crippen LogP contribution in [0.25, 0.3) is 11.0 Å². The number of hydrogen-bond donors (Lipinski definition) is 3. The third kappa shape index (κ3) is 2.29. The van der Waals surface area contributed by atoms with Crippen molar-refractivity contribution in [2.45, 2.75) is 37.6 Å². The normalized spacial score (nSPS) is 23.1. The van der Waals surface area contributed by atoms with Crippen LogP contribution in [0.2, 0.25) is 0 Å². The number of para-hydroxylation sites is 1. The van der Waals surface area contributed by atoms with Gasteiger partial charge >= 0.3 is 0 Å². The Hall–Kier alpha value is -1.88. The largest absolute Gasteiger partial charge is 0.366 e. The Labute approximate surface area is 118 Å². The molecule has 0 spiro atoms. The SMILES string of the molecule is CN[C@H]1CC[C@H](c2nc3cccc(C(N)=O)c3[nH]2)CC1. The van der Waals surface area contributed by atoms with Crippen molar-refractivity contribution in [2.75, 3.05) is 7.05 Å². The lowest BCUT2D eigenvalue weighted by atomic mass is 9.86. The van der Waals surface area contributed by atoms with E-state index in [9.17, 15) is 4.79 Å². The number of nitrogens with two attached hydrogens (primary N) is 1. The Kier molecular flexibility index (Phi) is 3.44. The molecule has 106 valence electrons. The molecule has 1 fully saturated rings. The molecule has 0 saturated heterocycles. The fourth-order valence-electron chi connectivity index (χ4n) is 3.10. The number of H-pyrrole nitrogens is 1. The molecule has 0 aliphatic heterocycles. The Balaban J connectivity index is 1.90. The van der Waals surface area contributed by atoms with E-state index in [2.05, 4.69) is 15.3 Å². The molecule has 1 heterocycles. The molecule has 5 heteroatoms. The lowest BCUT2D eigenvalue weighted by Crippen LogP contribution is -2.29. The van der Waals surface area contributed by atoms with Crippen LogP contribution in [0.4, 0.5) is 0 Å². The first-order chi connectivity index (χ1) is 9.69. The topological polar surface area (TPSA) is 83.8 Å². The van der Waals surface area contributed by atoms with E-state index in [4.69, 9.17) is 5.73 Å². The average molecular weight is 272 g/mol. The summed E-state index contributed by atoms with van der Waals surface area (Å²) in [6.07, 6.45) is 4.58. The number of carbonyl (C=O) groups is 1. The van der Waals surface area contributed by atoms with Crippen LogP contribution in [-0.2, 0) is 0 Å². The van der Waals surface area contributed by atoms with E-state index >= 15 is 0 Å². The van der Waals surface area contributed by atoms with E-state index in [0.29, 0.717) is 17.5 Å². The number of rotatable bonds is 3. The van der Waals surface area contributed by atoms with E-state index in [1.807, 2.05) is 19.2 Å². The van der Waals surface area contributed by atoms with Crippen LogP contribution in [0, 0.1) is 0 Å². The van der Waals surface area contributed by atoms with Crippen molar-refractivity contribution in [1.82, 2.24) is 15.3 Å². The maximum Gasteiger partial charge on any atom is 0.250 e. The highest BCUT2D eigenvalue weighted by molar-refractivity contribution is 6.04. The monoisotopic (exact) mass is 272 g/mol. The number of imidazole rings is 1. The molecule has 1 saturated carbocycles. The van der Waals surface area contributed by atoms with Gasteiger partial charge in [0.15, 0.2) is 0 Å². The predicted octanol–water partition coefficient (Wildman–Crippen LogP) is 1.91. The van der Waals surface area contributed by atoms with Gasteiger partial charge < -0.3 is 16.0 Å². The minimum atomic E-state index is -0.412. The smallest absolute Gasteiger partial charge is 0.250 e. The van der Waals surface area contributed by atoms with Gasteiger partial charge in [0.05, 0.1) is 16.6 Å². The number of benzene rings is 1. The summed E-state index contributed by atoms with van der Waals surface area (Å²) >= 11 is 0. The Morgan fingerprint density at radius 1 is 1.35 bits per heavy atom. The molecule has 20 heavy (non-hydrogen) atoms. The van der Waals surface area contributed by atoms with E-state index < -0.39 is 5.91 Å². The van der Waals surface area contributed by atoms with Gasteiger partial charge in [-0.25, -0.2) is 4.98 Å². The lowest BCUT2D eigenvalue weighted by Gasteiger charge is -2.26. The van der Waals surface area contributed by atoms with Gasteiger partial charge in [-0.1, -0.05) is 6.07 Å².